The highest BCUT2D eigenvalue weighted by atomic mass is 16.5. The van der Waals surface area contributed by atoms with Crippen molar-refractivity contribution < 1.29 is 9.53 Å². The minimum atomic E-state index is -0.236. The van der Waals surface area contributed by atoms with Crippen LogP contribution in [0.25, 0.3) is 10.9 Å². The monoisotopic (exact) mass is 274 g/mol. The third-order valence-corrected chi connectivity index (χ3v) is 3.62. The summed E-state index contributed by atoms with van der Waals surface area (Å²) in [6, 6.07) is 3.84. The van der Waals surface area contributed by atoms with Gasteiger partial charge in [0.05, 0.1) is 7.11 Å². The number of hydrogen-bond donors (Lipinski definition) is 2. The van der Waals surface area contributed by atoms with Gasteiger partial charge in [0.25, 0.3) is 0 Å². The standard InChI is InChI=1S/C14H18N4O2/c1-20-14(19)13-9-18(5-4-16-13)8-11-6-10-7-15-3-2-12(10)17-11/h2-3,6-7,13,16-17H,4-5,8-9H2,1H3. The first-order valence-electron chi connectivity index (χ1n) is 6.71. The Morgan fingerprint density at radius 2 is 2.50 bits per heavy atom. The van der Waals surface area contributed by atoms with Crippen LogP contribution in [0.15, 0.2) is 24.5 Å². The SMILES string of the molecule is COC(=O)C1CN(Cc2cc3cnccc3[nH]2)CCN1. The molecule has 1 atom stereocenters. The first-order valence-corrected chi connectivity index (χ1v) is 6.71. The number of methoxy groups -OCH3 is 1. The van der Waals surface area contributed by atoms with Gasteiger partial charge in [0.2, 0.25) is 0 Å². The first kappa shape index (κ1) is 13.1. The van der Waals surface area contributed by atoms with E-state index in [2.05, 4.69) is 26.3 Å². The molecule has 2 N–H and O–H groups in total. The van der Waals surface area contributed by atoms with Crippen molar-refractivity contribution in [2.75, 3.05) is 26.7 Å². The molecule has 0 aliphatic carbocycles. The van der Waals surface area contributed by atoms with E-state index in [4.69, 9.17) is 4.74 Å². The molecule has 0 saturated carbocycles. The lowest BCUT2D eigenvalue weighted by Crippen LogP contribution is -2.54. The van der Waals surface area contributed by atoms with Gasteiger partial charge in [-0.2, -0.15) is 0 Å². The van der Waals surface area contributed by atoms with Crippen molar-refractivity contribution in [2.45, 2.75) is 12.6 Å². The van der Waals surface area contributed by atoms with E-state index >= 15 is 0 Å². The maximum absolute atomic E-state index is 11.6. The number of carbonyl (C=O) groups is 1. The molecule has 2 aromatic heterocycles. The van der Waals surface area contributed by atoms with E-state index in [9.17, 15) is 4.79 Å². The quantitative estimate of drug-likeness (QED) is 0.798. The number of piperazine rings is 1. The number of H-pyrrole nitrogens is 1. The molecule has 0 spiro atoms. The van der Waals surface area contributed by atoms with Gasteiger partial charge in [0.1, 0.15) is 6.04 Å². The molecule has 2 aromatic rings. The summed E-state index contributed by atoms with van der Waals surface area (Å²) in [7, 11) is 1.42. The molecule has 20 heavy (non-hydrogen) atoms. The summed E-state index contributed by atoms with van der Waals surface area (Å²) in [5.74, 6) is -0.199. The second-order valence-corrected chi connectivity index (χ2v) is 5.02. The van der Waals surface area contributed by atoms with Gasteiger partial charge >= 0.3 is 5.97 Å². The number of esters is 1. The molecule has 106 valence electrons. The second kappa shape index (κ2) is 5.60. The van der Waals surface area contributed by atoms with Gasteiger partial charge in [0, 0.05) is 55.2 Å². The Labute approximate surface area is 117 Å². The molecule has 1 aliphatic heterocycles. The lowest BCUT2D eigenvalue weighted by atomic mass is 10.2. The van der Waals surface area contributed by atoms with Gasteiger partial charge in [-0.3, -0.25) is 14.7 Å². The third-order valence-electron chi connectivity index (χ3n) is 3.62. The van der Waals surface area contributed by atoms with Crippen molar-refractivity contribution >= 4 is 16.9 Å². The van der Waals surface area contributed by atoms with Crippen LogP contribution >= 0.6 is 0 Å². The number of fused-ring (bicyclic) bond motifs is 1. The highest BCUT2D eigenvalue weighted by molar-refractivity contribution is 5.79. The minimum absolute atomic E-state index is 0.199. The molecule has 3 heterocycles. The minimum Gasteiger partial charge on any atom is -0.468 e. The van der Waals surface area contributed by atoms with Gasteiger partial charge in [0.15, 0.2) is 0 Å². The summed E-state index contributed by atoms with van der Waals surface area (Å²) < 4.78 is 4.79. The van der Waals surface area contributed by atoms with Crippen molar-refractivity contribution in [1.82, 2.24) is 20.2 Å². The number of carbonyl (C=O) groups excluding carboxylic acids is 1. The van der Waals surface area contributed by atoms with Gasteiger partial charge < -0.3 is 15.0 Å². The van der Waals surface area contributed by atoms with Crippen molar-refractivity contribution in [3.05, 3.63) is 30.2 Å². The molecule has 6 heteroatoms. The van der Waals surface area contributed by atoms with Crippen LogP contribution in [0.2, 0.25) is 0 Å². The Kier molecular flexibility index (Phi) is 3.66. The molecule has 3 rings (SSSR count). The van der Waals surface area contributed by atoms with Crippen LogP contribution in [-0.2, 0) is 16.1 Å². The normalized spacial score (nSPS) is 20.1. The molecular weight excluding hydrogens is 256 g/mol. The maximum atomic E-state index is 11.6. The zero-order chi connectivity index (χ0) is 13.9. The van der Waals surface area contributed by atoms with Gasteiger partial charge in [-0.1, -0.05) is 0 Å². The summed E-state index contributed by atoms with van der Waals surface area (Å²) in [6.07, 6.45) is 3.63. The van der Waals surface area contributed by atoms with Crippen LogP contribution in [0.1, 0.15) is 5.69 Å². The fraction of sp³-hybridized carbons (Fsp3) is 0.429. The number of ether oxygens (including phenoxy) is 1. The predicted octanol–water partition coefficient (Wildman–Crippen LogP) is 0.510. The average Bonchev–Trinajstić information content (AvgIpc) is 2.88. The topological polar surface area (TPSA) is 70.2 Å². The van der Waals surface area contributed by atoms with E-state index < -0.39 is 0 Å². The van der Waals surface area contributed by atoms with Crippen LogP contribution in [0.5, 0.6) is 0 Å². The number of nitrogens with zero attached hydrogens (tertiary/aromatic N) is 2. The van der Waals surface area contributed by atoms with E-state index in [1.54, 1.807) is 6.20 Å². The summed E-state index contributed by atoms with van der Waals surface area (Å²) >= 11 is 0. The smallest absolute Gasteiger partial charge is 0.324 e. The number of rotatable bonds is 3. The van der Waals surface area contributed by atoms with E-state index in [-0.39, 0.29) is 12.0 Å². The van der Waals surface area contributed by atoms with Crippen molar-refractivity contribution in [3.8, 4) is 0 Å². The van der Waals surface area contributed by atoms with Gasteiger partial charge in [-0.05, 0) is 12.1 Å². The highest BCUT2D eigenvalue weighted by Gasteiger charge is 2.26. The summed E-state index contributed by atoms with van der Waals surface area (Å²) in [5.41, 5.74) is 2.23. The maximum Gasteiger partial charge on any atom is 0.324 e. The Morgan fingerprint density at radius 1 is 1.60 bits per heavy atom. The highest BCUT2D eigenvalue weighted by Crippen LogP contribution is 2.15. The first-order chi connectivity index (χ1) is 9.76. The van der Waals surface area contributed by atoms with Crippen LogP contribution < -0.4 is 5.32 Å². The van der Waals surface area contributed by atoms with Crippen LogP contribution in [0, 0.1) is 0 Å². The van der Waals surface area contributed by atoms with E-state index in [0.29, 0.717) is 6.54 Å². The number of pyridine rings is 1. The molecule has 1 fully saturated rings. The molecule has 1 saturated heterocycles. The Morgan fingerprint density at radius 3 is 3.30 bits per heavy atom. The van der Waals surface area contributed by atoms with Crippen LogP contribution in [0.3, 0.4) is 0 Å². The van der Waals surface area contributed by atoms with E-state index in [1.165, 1.54) is 7.11 Å². The summed E-state index contributed by atoms with van der Waals surface area (Å²) in [4.78, 5) is 21.3. The number of aromatic amines is 1. The molecular formula is C14H18N4O2. The predicted molar refractivity (Wildman–Crippen MR) is 75.2 cm³/mol. The number of aromatic nitrogens is 2. The fourth-order valence-electron chi connectivity index (χ4n) is 2.61. The zero-order valence-electron chi connectivity index (χ0n) is 11.4. The molecule has 1 aliphatic rings. The van der Waals surface area contributed by atoms with E-state index in [1.807, 2.05) is 12.3 Å². The molecule has 1 unspecified atom stereocenters. The second-order valence-electron chi connectivity index (χ2n) is 5.02. The Bertz CT molecular complexity index is 577. The zero-order valence-corrected chi connectivity index (χ0v) is 11.4. The number of hydrogen-bond acceptors (Lipinski definition) is 5. The molecule has 0 radical (unpaired) electrons. The molecule has 0 aromatic carbocycles. The van der Waals surface area contributed by atoms with E-state index in [0.717, 1.165) is 36.2 Å². The molecule has 0 bridgehead atoms. The van der Waals surface area contributed by atoms with Crippen molar-refractivity contribution in [1.29, 1.82) is 0 Å². The lowest BCUT2D eigenvalue weighted by Gasteiger charge is -2.31. The van der Waals surface area contributed by atoms with Crippen LogP contribution in [-0.4, -0.2) is 53.6 Å². The Hall–Kier alpha value is -1.92. The summed E-state index contributed by atoms with van der Waals surface area (Å²) in [6.45, 7) is 3.17. The van der Waals surface area contributed by atoms with Crippen LogP contribution in [0.4, 0.5) is 0 Å². The Balaban J connectivity index is 1.69. The van der Waals surface area contributed by atoms with Gasteiger partial charge in [-0.25, -0.2) is 0 Å². The lowest BCUT2D eigenvalue weighted by molar-refractivity contribution is -0.144. The van der Waals surface area contributed by atoms with Crippen molar-refractivity contribution in [3.63, 3.8) is 0 Å². The third kappa shape index (κ3) is 2.66. The average molecular weight is 274 g/mol. The molecule has 0 amide bonds. The summed E-state index contributed by atoms with van der Waals surface area (Å²) in [5, 5.41) is 4.29. The largest absolute Gasteiger partial charge is 0.468 e. The van der Waals surface area contributed by atoms with Crippen molar-refractivity contribution in [2.24, 2.45) is 0 Å². The van der Waals surface area contributed by atoms with Gasteiger partial charge in [-0.15, -0.1) is 0 Å². The number of nitrogens with one attached hydrogen (secondary N) is 2. The fourth-order valence-corrected chi connectivity index (χ4v) is 2.61. The molecule has 6 nitrogen and oxygen atoms in total.